The van der Waals surface area contributed by atoms with Crippen LogP contribution >= 0.6 is 0 Å². The summed E-state index contributed by atoms with van der Waals surface area (Å²) in [6.45, 7) is 3.85. The zero-order valence-electron chi connectivity index (χ0n) is 14.5. The number of anilines is 1. The molecule has 4 aromatic rings. The lowest BCUT2D eigenvalue weighted by molar-refractivity contribution is 0.384. The summed E-state index contributed by atoms with van der Waals surface area (Å²) in [5.74, 6) is 2.53. The van der Waals surface area contributed by atoms with Gasteiger partial charge in [-0.1, -0.05) is 24.2 Å². The van der Waals surface area contributed by atoms with E-state index in [1.165, 1.54) is 0 Å². The smallest absolute Gasteiger partial charge is 0.223 e. The topological polar surface area (TPSA) is 89.6 Å². The molecule has 1 unspecified atom stereocenters. The fourth-order valence-electron chi connectivity index (χ4n) is 2.78. The third kappa shape index (κ3) is 3.11. The fourth-order valence-corrected chi connectivity index (χ4v) is 2.78. The summed E-state index contributed by atoms with van der Waals surface area (Å²) in [6.07, 6.45) is 4.28. The lowest BCUT2D eigenvalue weighted by atomic mass is 10.1. The first-order valence-electron chi connectivity index (χ1n) is 8.48. The average molecular weight is 346 g/mol. The first-order chi connectivity index (χ1) is 12.7. The molecule has 0 bridgehead atoms. The van der Waals surface area contributed by atoms with Crippen molar-refractivity contribution in [2.24, 2.45) is 0 Å². The second-order valence-corrected chi connectivity index (χ2v) is 5.93. The molecule has 0 spiro atoms. The fraction of sp³-hybridized carbons (Fsp3) is 0.211. The van der Waals surface area contributed by atoms with Gasteiger partial charge in [0.2, 0.25) is 5.89 Å². The largest absolute Gasteiger partial charge is 0.359 e. The van der Waals surface area contributed by atoms with E-state index in [1.807, 2.05) is 36.4 Å². The van der Waals surface area contributed by atoms with Crippen LogP contribution in [0.15, 0.2) is 53.3 Å². The van der Waals surface area contributed by atoms with Gasteiger partial charge in [0, 0.05) is 30.3 Å². The first-order valence-corrected chi connectivity index (χ1v) is 8.48. The molecule has 1 aromatic carbocycles. The second-order valence-electron chi connectivity index (χ2n) is 5.93. The van der Waals surface area contributed by atoms with E-state index >= 15 is 0 Å². The van der Waals surface area contributed by atoms with E-state index in [1.54, 1.807) is 19.3 Å². The van der Waals surface area contributed by atoms with Crippen LogP contribution in [-0.4, -0.2) is 25.1 Å². The number of rotatable bonds is 5. The van der Waals surface area contributed by atoms with E-state index in [9.17, 15) is 0 Å². The van der Waals surface area contributed by atoms with Gasteiger partial charge in [0.05, 0.1) is 11.6 Å². The Kier molecular flexibility index (Phi) is 4.27. The van der Waals surface area contributed by atoms with Crippen molar-refractivity contribution in [1.29, 1.82) is 0 Å². The molecule has 3 aromatic heterocycles. The van der Waals surface area contributed by atoms with Gasteiger partial charge in [0.15, 0.2) is 11.6 Å². The van der Waals surface area contributed by atoms with Crippen molar-refractivity contribution < 1.29 is 4.52 Å². The molecule has 0 aliphatic carbocycles. The van der Waals surface area contributed by atoms with Crippen molar-refractivity contribution in [2.45, 2.75) is 26.3 Å². The molecular weight excluding hydrogens is 328 g/mol. The number of hydrogen-bond donors (Lipinski definition) is 1. The van der Waals surface area contributed by atoms with Crippen molar-refractivity contribution in [3.8, 4) is 11.4 Å². The first kappa shape index (κ1) is 16.1. The summed E-state index contributed by atoms with van der Waals surface area (Å²) >= 11 is 0. The van der Waals surface area contributed by atoms with Crippen LogP contribution in [-0.2, 0) is 0 Å². The minimum absolute atomic E-state index is 0.104. The van der Waals surface area contributed by atoms with Gasteiger partial charge in [-0.25, -0.2) is 9.97 Å². The van der Waals surface area contributed by atoms with Crippen LogP contribution in [0.1, 0.15) is 31.1 Å². The summed E-state index contributed by atoms with van der Waals surface area (Å²) in [5.41, 5.74) is 1.73. The predicted octanol–water partition coefficient (Wildman–Crippen LogP) is 3.95. The van der Waals surface area contributed by atoms with Gasteiger partial charge in [-0.15, -0.1) is 0 Å². The lowest BCUT2D eigenvalue weighted by Crippen LogP contribution is -2.13. The maximum Gasteiger partial charge on any atom is 0.223 e. The molecule has 0 fully saturated rings. The Bertz CT molecular complexity index is 1030. The summed E-state index contributed by atoms with van der Waals surface area (Å²) in [5, 5.41) is 8.44. The van der Waals surface area contributed by atoms with Crippen LogP contribution < -0.4 is 5.32 Å². The number of nitrogens with one attached hydrogen (secondary N) is 1. The normalized spacial score (nSPS) is 12.2. The number of aromatic nitrogens is 5. The summed E-state index contributed by atoms with van der Waals surface area (Å²) in [7, 11) is 0. The third-order valence-corrected chi connectivity index (χ3v) is 4.10. The SMILES string of the molecule is CCC(Nc1nc(-c2cccnc2)nc2ccccc12)c1noc(C)n1. The molecule has 4 rings (SSSR count). The number of fused-ring (bicyclic) bond motifs is 1. The van der Waals surface area contributed by atoms with Gasteiger partial charge in [-0.3, -0.25) is 4.98 Å². The molecule has 0 radical (unpaired) electrons. The highest BCUT2D eigenvalue weighted by molar-refractivity contribution is 5.90. The number of hydrogen-bond acceptors (Lipinski definition) is 7. The van der Waals surface area contributed by atoms with E-state index in [0.29, 0.717) is 17.5 Å². The molecule has 7 heteroatoms. The molecule has 0 amide bonds. The standard InChI is InChI=1S/C19H18N6O/c1-3-15(19-21-12(2)26-25-19)22-18-14-8-4-5-9-16(14)23-17(24-18)13-7-6-10-20-11-13/h4-11,15H,3H2,1-2H3,(H,22,23,24). The highest BCUT2D eigenvalue weighted by Crippen LogP contribution is 2.28. The highest BCUT2D eigenvalue weighted by atomic mass is 16.5. The molecule has 0 aliphatic rings. The van der Waals surface area contributed by atoms with Crippen LogP contribution in [0.25, 0.3) is 22.3 Å². The zero-order valence-corrected chi connectivity index (χ0v) is 14.5. The van der Waals surface area contributed by atoms with Crippen LogP contribution in [0, 0.1) is 6.92 Å². The Morgan fingerprint density at radius 2 is 1.96 bits per heavy atom. The maximum absolute atomic E-state index is 5.12. The van der Waals surface area contributed by atoms with Crippen molar-refractivity contribution in [1.82, 2.24) is 25.1 Å². The van der Waals surface area contributed by atoms with Gasteiger partial charge in [-0.2, -0.15) is 4.98 Å². The quantitative estimate of drug-likeness (QED) is 0.585. The molecule has 3 heterocycles. The van der Waals surface area contributed by atoms with E-state index in [0.717, 1.165) is 28.7 Å². The maximum atomic E-state index is 5.12. The minimum atomic E-state index is -0.104. The number of nitrogens with zero attached hydrogens (tertiary/aromatic N) is 5. The Morgan fingerprint density at radius 1 is 1.08 bits per heavy atom. The van der Waals surface area contributed by atoms with E-state index in [2.05, 4.69) is 32.3 Å². The number of benzene rings is 1. The Balaban J connectivity index is 1.80. The lowest BCUT2D eigenvalue weighted by Gasteiger charge is -2.16. The number of para-hydroxylation sites is 1. The Hall–Kier alpha value is -3.35. The number of aryl methyl sites for hydroxylation is 1. The van der Waals surface area contributed by atoms with Crippen molar-refractivity contribution >= 4 is 16.7 Å². The summed E-state index contributed by atoms with van der Waals surface area (Å²) < 4.78 is 5.12. The second kappa shape index (κ2) is 6.87. The summed E-state index contributed by atoms with van der Waals surface area (Å²) in [4.78, 5) is 17.9. The third-order valence-electron chi connectivity index (χ3n) is 4.10. The molecule has 0 saturated heterocycles. The predicted molar refractivity (Wildman–Crippen MR) is 98.5 cm³/mol. The highest BCUT2D eigenvalue weighted by Gasteiger charge is 2.18. The van der Waals surface area contributed by atoms with E-state index in [4.69, 9.17) is 9.51 Å². The van der Waals surface area contributed by atoms with E-state index < -0.39 is 0 Å². The summed E-state index contributed by atoms with van der Waals surface area (Å²) in [6, 6.07) is 11.6. The molecule has 0 saturated carbocycles. The van der Waals surface area contributed by atoms with Crippen LogP contribution in [0.4, 0.5) is 5.82 Å². The Morgan fingerprint density at radius 3 is 2.69 bits per heavy atom. The van der Waals surface area contributed by atoms with Gasteiger partial charge in [-0.05, 0) is 30.7 Å². The van der Waals surface area contributed by atoms with Gasteiger partial charge in [0.25, 0.3) is 0 Å². The molecular formula is C19H18N6O. The average Bonchev–Trinajstić information content (AvgIpc) is 3.12. The van der Waals surface area contributed by atoms with E-state index in [-0.39, 0.29) is 6.04 Å². The van der Waals surface area contributed by atoms with Crippen molar-refractivity contribution in [2.75, 3.05) is 5.32 Å². The molecule has 7 nitrogen and oxygen atoms in total. The number of pyridine rings is 1. The minimum Gasteiger partial charge on any atom is -0.359 e. The van der Waals surface area contributed by atoms with Crippen LogP contribution in [0.3, 0.4) is 0 Å². The van der Waals surface area contributed by atoms with Gasteiger partial charge < -0.3 is 9.84 Å². The monoisotopic (exact) mass is 346 g/mol. The van der Waals surface area contributed by atoms with Crippen molar-refractivity contribution in [3.05, 3.63) is 60.5 Å². The molecule has 0 aliphatic heterocycles. The molecule has 1 atom stereocenters. The van der Waals surface area contributed by atoms with Gasteiger partial charge in [0.1, 0.15) is 5.82 Å². The Labute approximate surface area is 150 Å². The van der Waals surface area contributed by atoms with Gasteiger partial charge >= 0.3 is 0 Å². The molecule has 130 valence electrons. The van der Waals surface area contributed by atoms with Crippen LogP contribution in [0.2, 0.25) is 0 Å². The van der Waals surface area contributed by atoms with Crippen molar-refractivity contribution in [3.63, 3.8) is 0 Å². The zero-order chi connectivity index (χ0) is 17.9. The van der Waals surface area contributed by atoms with Crippen LogP contribution in [0.5, 0.6) is 0 Å². The molecule has 1 N–H and O–H groups in total. The molecule has 26 heavy (non-hydrogen) atoms.